The van der Waals surface area contributed by atoms with Crippen molar-refractivity contribution in [3.05, 3.63) is 16.1 Å². The Bertz CT molecular complexity index is 372. The highest BCUT2D eigenvalue weighted by Crippen LogP contribution is 2.31. The first kappa shape index (κ1) is 11.5. The van der Waals surface area contributed by atoms with Crippen LogP contribution in [0.3, 0.4) is 0 Å². The molecule has 3 nitrogen and oxygen atoms in total. The van der Waals surface area contributed by atoms with E-state index in [0.29, 0.717) is 32.4 Å². The van der Waals surface area contributed by atoms with Crippen molar-refractivity contribution in [2.45, 2.75) is 31.9 Å². The molecule has 0 unspecified atom stereocenters. The summed E-state index contributed by atoms with van der Waals surface area (Å²) in [6, 6.07) is 0. The minimum absolute atomic E-state index is 0.433. The number of thiazole rings is 1. The van der Waals surface area contributed by atoms with Crippen molar-refractivity contribution in [2.24, 2.45) is 0 Å². The zero-order valence-electron chi connectivity index (χ0n) is 9.28. The number of aryl methyl sites for hydroxylation is 1. The summed E-state index contributed by atoms with van der Waals surface area (Å²) in [5, 5.41) is 0.976. The minimum atomic E-state index is -1.15. The molecule has 0 radical (unpaired) electrons. The number of likely N-dealkylation sites (tertiary alicyclic amines) is 1. The summed E-state index contributed by atoms with van der Waals surface area (Å²) in [6.45, 7) is 2.98. The molecule has 0 bridgehead atoms. The van der Waals surface area contributed by atoms with Gasteiger partial charge in [-0.2, -0.15) is 0 Å². The van der Waals surface area contributed by atoms with E-state index in [9.17, 15) is 9.18 Å². The van der Waals surface area contributed by atoms with E-state index >= 15 is 0 Å². The van der Waals surface area contributed by atoms with E-state index in [4.69, 9.17) is 0 Å². The molecule has 0 aliphatic carbocycles. The van der Waals surface area contributed by atoms with Gasteiger partial charge in [0.15, 0.2) is 0 Å². The summed E-state index contributed by atoms with van der Waals surface area (Å²) in [5.41, 5.74) is -1.15. The maximum absolute atomic E-state index is 14.4. The molecule has 2 heterocycles. The number of rotatable bonds is 3. The van der Waals surface area contributed by atoms with Gasteiger partial charge in [0.1, 0.15) is 5.67 Å². The van der Waals surface area contributed by atoms with Gasteiger partial charge in [-0.15, -0.1) is 11.3 Å². The fraction of sp³-hybridized carbons (Fsp3) is 0.636. The van der Waals surface area contributed by atoms with Gasteiger partial charge in [0.05, 0.1) is 5.01 Å². The molecule has 0 saturated carbocycles. The van der Waals surface area contributed by atoms with E-state index < -0.39 is 5.67 Å². The van der Waals surface area contributed by atoms with Crippen molar-refractivity contribution in [2.75, 3.05) is 13.1 Å². The number of nitrogens with zero attached hydrogens (tertiary/aromatic N) is 2. The Morgan fingerprint density at radius 3 is 2.81 bits per heavy atom. The van der Waals surface area contributed by atoms with Crippen LogP contribution in [0.25, 0.3) is 0 Å². The number of carbonyl (C=O) groups is 1. The molecule has 1 aliphatic heterocycles. The number of hydrogen-bond acceptors (Lipinski definition) is 3. The average molecular weight is 242 g/mol. The molecule has 1 aromatic rings. The van der Waals surface area contributed by atoms with Crippen LogP contribution < -0.4 is 0 Å². The quantitative estimate of drug-likeness (QED) is 0.759. The first-order chi connectivity index (χ1) is 7.61. The summed E-state index contributed by atoms with van der Waals surface area (Å²) < 4.78 is 14.4. The maximum atomic E-state index is 14.4. The molecule has 1 saturated heterocycles. The van der Waals surface area contributed by atoms with Crippen LogP contribution in [-0.2, 0) is 11.2 Å². The summed E-state index contributed by atoms with van der Waals surface area (Å²) in [6.07, 6.45) is 3.86. The van der Waals surface area contributed by atoms with Crippen molar-refractivity contribution in [1.29, 1.82) is 0 Å². The van der Waals surface area contributed by atoms with Crippen molar-refractivity contribution in [3.63, 3.8) is 0 Å². The molecular formula is C11H15FN2OS. The van der Waals surface area contributed by atoms with Gasteiger partial charge in [-0.1, -0.05) is 0 Å². The molecule has 2 rings (SSSR count). The van der Waals surface area contributed by atoms with E-state index in [2.05, 4.69) is 4.98 Å². The van der Waals surface area contributed by atoms with Gasteiger partial charge < -0.3 is 4.90 Å². The van der Waals surface area contributed by atoms with Gasteiger partial charge in [0.2, 0.25) is 6.41 Å². The molecular weight excluding hydrogens is 227 g/mol. The van der Waals surface area contributed by atoms with E-state index in [0.717, 1.165) is 16.3 Å². The number of alkyl halides is 1. The topological polar surface area (TPSA) is 33.2 Å². The van der Waals surface area contributed by atoms with Gasteiger partial charge in [-0.05, 0) is 19.8 Å². The summed E-state index contributed by atoms with van der Waals surface area (Å²) in [5.74, 6) is 0. The van der Waals surface area contributed by atoms with Crippen molar-refractivity contribution < 1.29 is 9.18 Å². The molecule has 1 aliphatic rings. The highest BCUT2D eigenvalue weighted by molar-refractivity contribution is 7.11. The number of halogens is 1. The third kappa shape index (κ3) is 2.58. The van der Waals surface area contributed by atoms with E-state index in [1.807, 2.05) is 6.92 Å². The third-order valence-corrected chi connectivity index (χ3v) is 3.92. The van der Waals surface area contributed by atoms with Gasteiger partial charge in [0.25, 0.3) is 0 Å². The van der Waals surface area contributed by atoms with Crippen LogP contribution in [0.4, 0.5) is 4.39 Å². The van der Waals surface area contributed by atoms with Gasteiger partial charge in [-0.3, -0.25) is 4.79 Å². The summed E-state index contributed by atoms with van der Waals surface area (Å²) in [4.78, 5) is 17.3. The Hall–Kier alpha value is -0.970. The zero-order valence-corrected chi connectivity index (χ0v) is 10.1. The lowest BCUT2D eigenvalue weighted by Gasteiger charge is -2.34. The fourth-order valence-electron chi connectivity index (χ4n) is 2.01. The minimum Gasteiger partial charge on any atom is -0.345 e. The molecule has 0 aromatic carbocycles. The van der Waals surface area contributed by atoms with E-state index in [1.54, 1.807) is 22.4 Å². The predicted molar refractivity (Wildman–Crippen MR) is 61.3 cm³/mol. The highest BCUT2D eigenvalue weighted by atomic mass is 32.1. The highest BCUT2D eigenvalue weighted by Gasteiger charge is 2.34. The average Bonchev–Trinajstić information content (AvgIpc) is 2.64. The number of amides is 1. The predicted octanol–water partition coefficient (Wildman–Crippen LogP) is 1.95. The normalized spacial score (nSPS) is 19.8. The summed E-state index contributed by atoms with van der Waals surface area (Å²) >= 11 is 1.55. The smallest absolute Gasteiger partial charge is 0.209 e. The Labute approximate surface area is 98.3 Å². The Balaban J connectivity index is 1.96. The molecule has 1 aromatic heterocycles. The molecule has 0 N–H and O–H groups in total. The maximum Gasteiger partial charge on any atom is 0.209 e. The first-order valence-corrected chi connectivity index (χ1v) is 6.22. The van der Waals surface area contributed by atoms with Crippen LogP contribution >= 0.6 is 11.3 Å². The lowest BCUT2D eigenvalue weighted by molar-refractivity contribution is -0.120. The van der Waals surface area contributed by atoms with Crippen LogP contribution in [0.5, 0.6) is 0 Å². The second-order valence-corrected chi connectivity index (χ2v) is 5.63. The molecule has 1 amide bonds. The van der Waals surface area contributed by atoms with Gasteiger partial charge in [-0.25, -0.2) is 9.37 Å². The molecule has 16 heavy (non-hydrogen) atoms. The van der Waals surface area contributed by atoms with Crippen molar-refractivity contribution in [3.8, 4) is 0 Å². The number of hydrogen-bond donors (Lipinski definition) is 0. The Morgan fingerprint density at radius 2 is 2.31 bits per heavy atom. The standard InChI is InChI=1S/C11H15FN2OS/c1-9-13-7-10(16-9)6-11(12)2-4-14(8-15)5-3-11/h7-8H,2-6H2,1H3. The summed E-state index contributed by atoms with van der Waals surface area (Å²) in [7, 11) is 0. The largest absolute Gasteiger partial charge is 0.345 e. The third-order valence-electron chi connectivity index (χ3n) is 3.00. The monoisotopic (exact) mass is 242 g/mol. The van der Waals surface area contributed by atoms with Crippen LogP contribution in [0.2, 0.25) is 0 Å². The molecule has 5 heteroatoms. The lowest BCUT2D eigenvalue weighted by atomic mass is 9.90. The Morgan fingerprint density at radius 1 is 1.62 bits per heavy atom. The van der Waals surface area contributed by atoms with E-state index in [1.165, 1.54) is 0 Å². The van der Waals surface area contributed by atoms with Crippen LogP contribution in [-0.4, -0.2) is 35.1 Å². The second-order valence-electron chi connectivity index (χ2n) is 4.31. The molecule has 1 fully saturated rings. The van der Waals surface area contributed by atoms with Crippen LogP contribution in [0, 0.1) is 6.92 Å². The molecule has 0 atom stereocenters. The molecule has 88 valence electrons. The number of carbonyl (C=O) groups excluding carboxylic acids is 1. The van der Waals surface area contributed by atoms with Crippen molar-refractivity contribution >= 4 is 17.7 Å². The van der Waals surface area contributed by atoms with Crippen LogP contribution in [0.15, 0.2) is 6.20 Å². The zero-order chi connectivity index (χ0) is 11.6. The van der Waals surface area contributed by atoms with Gasteiger partial charge in [0, 0.05) is 30.6 Å². The number of piperidine rings is 1. The fourth-order valence-corrected chi connectivity index (χ4v) is 2.93. The van der Waals surface area contributed by atoms with Crippen LogP contribution in [0.1, 0.15) is 22.7 Å². The van der Waals surface area contributed by atoms with Gasteiger partial charge >= 0.3 is 0 Å². The number of aromatic nitrogens is 1. The Kier molecular flexibility index (Phi) is 3.23. The first-order valence-electron chi connectivity index (χ1n) is 5.41. The van der Waals surface area contributed by atoms with E-state index in [-0.39, 0.29) is 0 Å². The molecule has 0 spiro atoms. The second kappa shape index (κ2) is 4.49. The van der Waals surface area contributed by atoms with Crippen molar-refractivity contribution in [1.82, 2.24) is 9.88 Å². The lowest BCUT2D eigenvalue weighted by Crippen LogP contribution is -2.42. The SMILES string of the molecule is Cc1ncc(CC2(F)CCN(C=O)CC2)s1.